The number of nitrogens with zero attached hydrogens (tertiary/aromatic N) is 1. The third kappa shape index (κ3) is 1.43. The van der Waals surface area contributed by atoms with Gasteiger partial charge in [0.25, 0.3) is 0 Å². The Bertz CT molecular complexity index is 303. The molecule has 0 aliphatic heterocycles. The fraction of sp³-hybridized carbons (Fsp3) is 0.167. The van der Waals surface area contributed by atoms with E-state index in [0.717, 1.165) is 0 Å². The van der Waals surface area contributed by atoms with E-state index in [-0.39, 0.29) is 5.82 Å². The number of carbonyl (C=O) groups is 2. The first-order valence-electron chi connectivity index (χ1n) is 2.90. The number of carboxylic acids is 1. The number of Topliss-reactive ketones (excluding diaryl/α,β-unsaturated/α-hetero) is 1. The van der Waals surface area contributed by atoms with Crippen LogP contribution in [-0.4, -0.2) is 26.8 Å². The van der Waals surface area contributed by atoms with Crippen LogP contribution in [0.3, 0.4) is 0 Å². The molecule has 1 rings (SSSR count). The number of rotatable bonds is 2. The van der Waals surface area contributed by atoms with Gasteiger partial charge in [-0.05, 0) is 6.92 Å². The molecule has 5 heteroatoms. The molecule has 0 fully saturated rings. The monoisotopic (exact) mass is 154 g/mol. The third-order valence-corrected chi connectivity index (χ3v) is 1.11. The zero-order chi connectivity index (χ0) is 8.43. The highest BCUT2D eigenvalue weighted by atomic mass is 16.4. The summed E-state index contributed by atoms with van der Waals surface area (Å²) in [5, 5.41) is 8.24. The summed E-state index contributed by atoms with van der Waals surface area (Å²) in [6, 6.07) is 0. The van der Waals surface area contributed by atoms with Crippen molar-refractivity contribution in [3.63, 3.8) is 0 Å². The Kier molecular flexibility index (Phi) is 1.72. The SMILES string of the molecule is Cc1cnc(C(=O)C(=O)O)[nH]1. The molecule has 0 saturated heterocycles. The molecular formula is C6H6N2O3. The summed E-state index contributed by atoms with van der Waals surface area (Å²) >= 11 is 0. The van der Waals surface area contributed by atoms with Crippen LogP contribution in [-0.2, 0) is 4.79 Å². The molecule has 1 aromatic rings. The molecule has 0 amide bonds. The van der Waals surface area contributed by atoms with Crippen LogP contribution in [0.25, 0.3) is 0 Å². The summed E-state index contributed by atoms with van der Waals surface area (Å²) in [6.07, 6.45) is 1.40. The van der Waals surface area contributed by atoms with E-state index < -0.39 is 11.8 Å². The van der Waals surface area contributed by atoms with Crippen molar-refractivity contribution < 1.29 is 14.7 Å². The Labute approximate surface area is 62.1 Å². The van der Waals surface area contributed by atoms with Gasteiger partial charge in [0, 0.05) is 11.9 Å². The number of hydrogen-bond donors (Lipinski definition) is 2. The van der Waals surface area contributed by atoms with Gasteiger partial charge >= 0.3 is 11.8 Å². The Hall–Kier alpha value is -1.65. The van der Waals surface area contributed by atoms with Crippen LogP contribution in [0.15, 0.2) is 6.20 Å². The molecule has 0 aliphatic rings. The molecule has 0 aliphatic carbocycles. The number of hydrogen-bond acceptors (Lipinski definition) is 3. The molecular weight excluding hydrogens is 148 g/mol. The maximum absolute atomic E-state index is 10.7. The standard InChI is InChI=1S/C6H6N2O3/c1-3-2-7-5(8-3)4(9)6(10)11/h2H,1H3,(H,7,8)(H,10,11). The number of imidazole rings is 1. The summed E-state index contributed by atoms with van der Waals surface area (Å²) in [7, 11) is 0. The number of aromatic amines is 1. The molecule has 1 heterocycles. The van der Waals surface area contributed by atoms with E-state index in [0.29, 0.717) is 5.69 Å². The lowest BCUT2D eigenvalue weighted by atomic mass is 10.4. The number of aromatic nitrogens is 2. The van der Waals surface area contributed by atoms with Crippen molar-refractivity contribution in [2.45, 2.75) is 6.92 Å². The lowest BCUT2D eigenvalue weighted by Crippen LogP contribution is -2.14. The lowest BCUT2D eigenvalue weighted by Gasteiger charge is -1.86. The van der Waals surface area contributed by atoms with E-state index in [1.54, 1.807) is 6.92 Å². The molecule has 0 saturated carbocycles. The molecule has 0 spiro atoms. The van der Waals surface area contributed by atoms with Gasteiger partial charge in [0.15, 0.2) is 5.82 Å². The summed E-state index contributed by atoms with van der Waals surface area (Å²) in [5.41, 5.74) is 0.662. The van der Waals surface area contributed by atoms with E-state index >= 15 is 0 Å². The quantitative estimate of drug-likeness (QED) is 0.463. The summed E-state index contributed by atoms with van der Waals surface area (Å²) in [5.74, 6) is -2.65. The summed E-state index contributed by atoms with van der Waals surface area (Å²) in [4.78, 5) is 26.8. The summed E-state index contributed by atoms with van der Waals surface area (Å²) in [6.45, 7) is 1.69. The Balaban J connectivity index is 2.94. The van der Waals surface area contributed by atoms with Gasteiger partial charge in [0.1, 0.15) is 0 Å². The Morgan fingerprint density at radius 3 is 2.64 bits per heavy atom. The van der Waals surface area contributed by atoms with E-state index in [9.17, 15) is 9.59 Å². The van der Waals surface area contributed by atoms with Gasteiger partial charge in [-0.25, -0.2) is 9.78 Å². The van der Waals surface area contributed by atoms with E-state index in [2.05, 4.69) is 9.97 Å². The summed E-state index contributed by atoms with van der Waals surface area (Å²) < 4.78 is 0. The first-order chi connectivity index (χ1) is 5.11. The molecule has 0 aromatic carbocycles. The number of carboxylic acid groups (broad SMARTS) is 1. The maximum Gasteiger partial charge on any atom is 0.380 e. The van der Waals surface area contributed by atoms with Crippen LogP contribution in [0.4, 0.5) is 0 Å². The molecule has 0 atom stereocenters. The Morgan fingerprint density at radius 2 is 2.27 bits per heavy atom. The minimum Gasteiger partial charge on any atom is -0.475 e. The topological polar surface area (TPSA) is 83.1 Å². The molecule has 2 N–H and O–H groups in total. The first-order valence-corrected chi connectivity index (χ1v) is 2.90. The molecule has 58 valence electrons. The van der Waals surface area contributed by atoms with Crippen molar-refractivity contribution in [3.8, 4) is 0 Å². The van der Waals surface area contributed by atoms with Gasteiger partial charge < -0.3 is 10.1 Å². The predicted molar refractivity (Wildman–Crippen MR) is 35.3 cm³/mol. The average molecular weight is 154 g/mol. The molecule has 0 bridgehead atoms. The number of nitrogens with one attached hydrogen (secondary N) is 1. The second-order valence-corrected chi connectivity index (χ2v) is 2.05. The van der Waals surface area contributed by atoms with Crippen LogP contribution < -0.4 is 0 Å². The van der Waals surface area contributed by atoms with Crippen LogP contribution >= 0.6 is 0 Å². The highest BCUT2D eigenvalue weighted by Gasteiger charge is 2.16. The second-order valence-electron chi connectivity index (χ2n) is 2.05. The lowest BCUT2D eigenvalue weighted by molar-refractivity contribution is -0.131. The number of aliphatic carboxylic acids is 1. The zero-order valence-corrected chi connectivity index (χ0v) is 5.79. The number of ketones is 1. The zero-order valence-electron chi connectivity index (χ0n) is 5.79. The second kappa shape index (κ2) is 2.53. The van der Waals surface area contributed by atoms with Gasteiger partial charge in [-0.1, -0.05) is 0 Å². The van der Waals surface area contributed by atoms with Gasteiger partial charge in [0.2, 0.25) is 0 Å². The highest BCUT2D eigenvalue weighted by Crippen LogP contribution is 1.95. The minimum atomic E-state index is -1.50. The predicted octanol–water partition coefficient (Wildman–Crippen LogP) is -0.0146. The fourth-order valence-electron chi connectivity index (χ4n) is 0.629. The van der Waals surface area contributed by atoms with Gasteiger partial charge in [-0.3, -0.25) is 4.79 Å². The van der Waals surface area contributed by atoms with E-state index in [1.807, 2.05) is 0 Å². The fourth-order valence-corrected chi connectivity index (χ4v) is 0.629. The molecule has 11 heavy (non-hydrogen) atoms. The average Bonchev–Trinajstić information content (AvgIpc) is 2.34. The van der Waals surface area contributed by atoms with Crippen molar-refractivity contribution >= 4 is 11.8 Å². The largest absolute Gasteiger partial charge is 0.475 e. The van der Waals surface area contributed by atoms with Crippen molar-refractivity contribution in [3.05, 3.63) is 17.7 Å². The van der Waals surface area contributed by atoms with Crippen molar-refractivity contribution in [2.75, 3.05) is 0 Å². The smallest absolute Gasteiger partial charge is 0.380 e. The number of H-pyrrole nitrogens is 1. The molecule has 0 unspecified atom stereocenters. The first kappa shape index (κ1) is 7.46. The number of carbonyl (C=O) groups excluding carboxylic acids is 1. The van der Waals surface area contributed by atoms with Crippen LogP contribution in [0.2, 0.25) is 0 Å². The minimum absolute atomic E-state index is 0.130. The van der Waals surface area contributed by atoms with Crippen LogP contribution in [0.1, 0.15) is 16.3 Å². The normalized spacial score (nSPS) is 9.55. The van der Waals surface area contributed by atoms with Gasteiger partial charge in [-0.15, -0.1) is 0 Å². The van der Waals surface area contributed by atoms with Crippen LogP contribution in [0, 0.1) is 6.92 Å². The molecule has 1 aromatic heterocycles. The van der Waals surface area contributed by atoms with Crippen molar-refractivity contribution in [1.29, 1.82) is 0 Å². The van der Waals surface area contributed by atoms with Gasteiger partial charge in [0.05, 0.1) is 0 Å². The van der Waals surface area contributed by atoms with Crippen LogP contribution in [0.5, 0.6) is 0 Å². The van der Waals surface area contributed by atoms with Crippen molar-refractivity contribution in [1.82, 2.24) is 9.97 Å². The third-order valence-electron chi connectivity index (χ3n) is 1.11. The molecule has 5 nitrogen and oxygen atoms in total. The molecule has 0 radical (unpaired) electrons. The maximum atomic E-state index is 10.7. The number of aryl methyl sites for hydroxylation is 1. The van der Waals surface area contributed by atoms with Gasteiger partial charge in [-0.2, -0.15) is 0 Å². The van der Waals surface area contributed by atoms with E-state index in [4.69, 9.17) is 5.11 Å². The van der Waals surface area contributed by atoms with E-state index in [1.165, 1.54) is 6.20 Å². The van der Waals surface area contributed by atoms with Crippen molar-refractivity contribution in [2.24, 2.45) is 0 Å². The highest BCUT2D eigenvalue weighted by molar-refractivity contribution is 6.38. The Morgan fingerprint density at radius 1 is 1.64 bits per heavy atom.